The summed E-state index contributed by atoms with van der Waals surface area (Å²) in [4.78, 5) is 0. The zero-order valence-electron chi connectivity index (χ0n) is 18.7. The van der Waals surface area contributed by atoms with E-state index in [1.165, 1.54) is 65.3 Å². The molecule has 0 heteroatoms. The summed E-state index contributed by atoms with van der Waals surface area (Å²) in [5.41, 5.74) is 5.12. The summed E-state index contributed by atoms with van der Waals surface area (Å²) in [6.07, 6.45) is 0. The Labute approximate surface area is 198 Å². The molecule has 0 saturated heterocycles. The number of rotatable bonds is 2. The smallest absolute Gasteiger partial charge is 0.00262 e. The predicted molar refractivity (Wildman–Crippen MR) is 147 cm³/mol. The topological polar surface area (TPSA) is 0 Å². The third-order valence-electron chi connectivity index (χ3n) is 6.97. The number of hydrogen-bond donors (Lipinski definition) is 0. The van der Waals surface area contributed by atoms with Gasteiger partial charge < -0.3 is 0 Å². The van der Waals surface area contributed by atoms with Gasteiger partial charge >= 0.3 is 0 Å². The van der Waals surface area contributed by atoms with Crippen molar-refractivity contribution >= 4 is 43.1 Å². The second kappa shape index (κ2) is 7.57. The van der Waals surface area contributed by atoms with Crippen LogP contribution in [-0.2, 0) is 0 Å². The highest BCUT2D eigenvalue weighted by Crippen LogP contribution is 2.45. The van der Waals surface area contributed by atoms with Crippen LogP contribution in [0.2, 0.25) is 0 Å². The van der Waals surface area contributed by atoms with Gasteiger partial charge in [0.25, 0.3) is 0 Å². The molecule has 0 saturated carbocycles. The molecule has 0 nitrogen and oxygen atoms in total. The molecule has 158 valence electrons. The molecule has 0 spiro atoms. The lowest BCUT2D eigenvalue weighted by Gasteiger charge is -2.18. The first kappa shape index (κ1) is 19.1. The van der Waals surface area contributed by atoms with Crippen LogP contribution in [0.1, 0.15) is 0 Å². The van der Waals surface area contributed by atoms with Gasteiger partial charge in [-0.15, -0.1) is 0 Å². The summed E-state index contributed by atoms with van der Waals surface area (Å²) < 4.78 is 0. The largest absolute Gasteiger partial charge is 0.0622 e. The standard InChI is InChI=1S/C34H22/c1-3-11-23(12-4-1)33-29-17-9-10-18-30(29)34(24-13-5-2-6-14-24)32-22-28-20-26-16-8-7-15-25(26)19-27(28)21-31(32)33/h1-22H. The highest BCUT2D eigenvalue weighted by molar-refractivity contribution is 6.24. The second-order valence-corrected chi connectivity index (χ2v) is 8.97. The minimum absolute atomic E-state index is 1.25. The van der Waals surface area contributed by atoms with E-state index in [-0.39, 0.29) is 0 Å². The van der Waals surface area contributed by atoms with Crippen LogP contribution >= 0.6 is 0 Å². The molecule has 7 aromatic carbocycles. The van der Waals surface area contributed by atoms with Gasteiger partial charge in [-0.2, -0.15) is 0 Å². The van der Waals surface area contributed by atoms with Crippen molar-refractivity contribution in [2.24, 2.45) is 0 Å². The molecule has 7 rings (SSSR count). The van der Waals surface area contributed by atoms with E-state index in [0.29, 0.717) is 0 Å². The molecule has 0 aromatic heterocycles. The molecule has 0 aliphatic rings. The molecular weight excluding hydrogens is 408 g/mol. The Hall–Kier alpha value is -4.42. The predicted octanol–water partition coefficient (Wildman–Crippen LogP) is 9.63. The molecule has 0 amide bonds. The van der Waals surface area contributed by atoms with Crippen LogP contribution < -0.4 is 0 Å². The van der Waals surface area contributed by atoms with Gasteiger partial charge in [0.1, 0.15) is 0 Å². The van der Waals surface area contributed by atoms with Crippen molar-refractivity contribution in [1.29, 1.82) is 0 Å². The molecule has 0 atom stereocenters. The summed E-state index contributed by atoms with van der Waals surface area (Å²) in [5.74, 6) is 0. The second-order valence-electron chi connectivity index (χ2n) is 8.97. The lowest BCUT2D eigenvalue weighted by atomic mass is 9.84. The van der Waals surface area contributed by atoms with Crippen molar-refractivity contribution in [3.63, 3.8) is 0 Å². The fourth-order valence-electron chi connectivity index (χ4n) is 5.45. The molecule has 0 radical (unpaired) electrons. The van der Waals surface area contributed by atoms with E-state index in [1.54, 1.807) is 0 Å². The zero-order valence-corrected chi connectivity index (χ0v) is 18.7. The minimum Gasteiger partial charge on any atom is -0.0622 e. The zero-order chi connectivity index (χ0) is 22.5. The molecule has 0 heterocycles. The molecule has 0 fully saturated rings. The Bertz CT molecular complexity index is 1690. The fraction of sp³-hybridized carbons (Fsp3) is 0. The molecule has 0 bridgehead atoms. The average Bonchev–Trinajstić information content (AvgIpc) is 2.90. The van der Waals surface area contributed by atoms with Crippen LogP contribution in [0.5, 0.6) is 0 Å². The first-order valence-electron chi connectivity index (χ1n) is 11.8. The maximum Gasteiger partial charge on any atom is -0.00262 e. The van der Waals surface area contributed by atoms with E-state index in [9.17, 15) is 0 Å². The highest BCUT2D eigenvalue weighted by atomic mass is 14.2. The molecular formula is C34H22. The van der Waals surface area contributed by atoms with Gasteiger partial charge in [0.05, 0.1) is 0 Å². The Kier molecular flexibility index (Phi) is 4.25. The lowest BCUT2D eigenvalue weighted by Crippen LogP contribution is -1.91. The van der Waals surface area contributed by atoms with Crippen molar-refractivity contribution in [1.82, 2.24) is 0 Å². The minimum atomic E-state index is 1.25. The summed E-state index contributed by atoms with van der Waals surface area (Å²) in [6, 6.07) is 48.6. The van der Waals surface area contributed by atoms with Gasteiger partial charge in [0.15, 0.2) is 0 Å². The Morgan fingerprint density at radius 1 is 0.265 bits per heavy atom. The Morgan fingerprint density at radius 2 is 0.647 bits per heavy atom. The van der Waals surface area contributed by atoms with E-state index in [4.69, 9.17) is 0 Å². The first-order chi connectivity index (χ1) is 16.9. The number of hydrogen-bond acceptors (Lipinski definition) is 0. The quantitative estimate of drug-likeness (QED) is 0.239. The third kappa shape index (κ3) is 2.93. The molecule has 34 heavy (non-hydrogen) atoms. The molecule has 0 N–H and O–H groups in total. The van der Waals surface area contributed by atoms with Crippen LogP contribution in [0, 0.1) is 0 Å². The van der Waals surface area contributed by atoms with Crippen LogP contribution in [0.4, 0.5) is 0 Å². The van der Waals surface area contributed by atoms with Crippen LogP contribution in [-0.4, -0.2) is 0 Å². The first-order valence-corrected chi connectivity index (χ1v) is 11.8. The summed E-state index contributed by atoms with van der Waals surface area (Å²) in [7, 11) is 0. The Balaban J connectivity index is 1.73. The van der Waals surface area contributed by atoms with E-state index in [2.05, 4.69) is 133 Å². The van der Waals surface area contributed by atoms with Crippen LogP contribution in [0.3, 0.4) is 0 Å². The maximum absolute atomic E-state index is 2.40. The monoisotopic (exact) mass is 430 g/mol. The van der Waals surface area contributed by atoms with Crippen molar-refractivity contribution in [3.8, 4) is 22.3 Å². The van der Waals surface area contributed by atoms with Gasteiger partial charge in [-0.3, -0.25) is 0 Å². The van der Waals surface area contributed by atoms with Crippen molar-refractivity contribution in [2.45, 2.75) is 0 Å². The van der Waals surface area contributed by atoms with Gasteiger partial charge in [-0.1, -0.05) is 109 Å². The van der Waals surface area contributed by atoms with E-state index >= 15 is 0 Å². The molecule has 0 aliphatic heterocycles. The van der Waals surface area contributed by atoms with Crippen molar-refractivity contribution in [2.75, 3.05) is 0 Å². The molecule has 0 aliphatic carbocycles. The van der Waals surface area contributed by atoms with Gasteiger partial charge in [-0.25, -0.2) is 0 Å². The SMILES string of the molecule is c1ccc(-c2c3ccccc3c(-c3ccccc3)c3cc4cc5ccccc5cc4cc23)cc1. The molecule has 0 unspecified atom stereocenters. The van der Waals surface area contributed by atoms with Crippen molar-refractivity contribution in [3.05, 3.63) is 133 Å². The summed E-state index contributed by atoms with van der Waals surface area (Å²) in [6.45, 7) is 0. The summed E-state index contributed by atoms with van der Waals surface area (Å²) >= 11 is 0. The number of fused-ring (bicyclic) bond motifs is 4. The molecule has 7 aromatic rings. The third-order valence-corrected chi connectivity index (χ3v) is 6.97. The fourth-order valence-corrected chi connectivity index (χ4v) is 5.45. The van der Waals surface area contributed by atoms with E-state index in [0.717, 1.165) is 0 Å². The average molecular weight is 431 g/mol. The Morgan fingerprint density at radius 3 is 1.09 bits per heavy atom. The highest BCUT2D eigenvalue weighted by Gasteiger charge is 2.17. The van der Waals surface area contributed by atoms with Crippen molar-refractivity contribution < 1.29 is 0 Å². The lowest BCUT2D eigenvalue weighted by molar-refractivity contribution is 1.66. The van der Waals surface area contributed by atoms with Crippen LogP contribution in [0.25, 0.3) is 65.3 Å². The van der Waals surface area contributed by atoms with Crippen LogP contribution in [0.15, 0.2) is 133 Å². The van der Waals surface area contributed by atoms with Gasteiger partial charge in [0.2, 0.25) is 0 Å². The van der Waals surface area contributed by atoms with Gasteiger partial charge in [0, 0.05) is 0 Å². The normalized spacial score (nSPS) is 11.5. The van der Waals surface area contributed by atoms with Gasteiger partial charge in [-0.05, 0) is 89.6 Å². The maximum atomic E-state index is 2.40. The van der Waals surface area contributed by atoms with E-state index < -0.39 is 0 Å². The number of benzene rings is 7. The van der Waals surface area contributed by atoms with E-state index in [1.807, 2.05) is 0 Å². The summed E-state index contributed by atoms with van der Waals surface area (Å²) in [5, 5.41) is 10.3.